The Morgan fingerprint density at radius 2 is 2.15 bits per heavy atom. The van der Waals surface area contributed by atoms with Gasteiger partial charge in [-0.3, -0.25) is 0 Å². The van der Waals surface area contributed by atoms with Crippen molar-refractivity contribution in [2.24, 2.45) is 11.3 Å². The number of fused-ring (bicyclic) bond motifs is 1. The van der Waals surface area contributed by atoms with Crippen LogP contribution in [0.2, 0.25) is 0 Å². The van der Waals surface area contributed by atoms with E-state index in [2.05, 4.69) is 48.0 Å². The number of nitrogens with zero attached hydrogens (tertiary/aromatic N) is 4. The summed E-state index contributed by atoms with van der Waals surface area (Å²) in [5, 5.41) is 13.5. The predicted molar refractivity (Wildman–Crippen MR) is 108 cm³/mol. The van der Waals surface area contributed by atoms with Crippen molar-refractivity contribution in [2.75, 3.05) is 38.6 Å². The molecule has 6 nitrogen and oxygen atoms in total. The van der Waals surface area contributed by atoms with Crippen LogP contribution in [0.4, 0.5) is 5.82 Å². The zero-order valence-electron chi connectivity index (χ0n) is 16.7. The van der Waals surface area contributed by atoms with Gasteiger partial charge in [-0.1, -0.05) is 20.8 Å². The van der Waals surface area contributed by atoms with E-state index in [0.29, 0.717) is 11.7 Å². The van der Waals surface area contributed by atoms with Gasteiger partial charge in [-0.25, -0.2) is 9.97 Å². The summed E-state index contributed by atoms with van der Waals surface area (Å²) < 4.78 is 6.08. The molecule has 1 aromatic carbocycles. The van der Waals surface area contributed by atoms with Crippen molar-refractivity contribution in [1.29, 1.82) is 5.26 Å². The van der Waals surface area contributed by atoms with Crippen LogP contribution in [0.15, 0.2) is 18.2 Å². The van der Waals surface area contributed by atoms with E-state index in [-0.39, 0.29) is 11.2 Å². The second-order valence-electron chi connectivity index (χ2n) is 8.68. The minimum absolute atomic E-state index is 0.102. The van der Waals surface area contributed by atoms with Gasteiger partial charge in [0.2, 0.25) is 5.82 Å². The molecule has 3 rings (SSSR count). The number of likely N-dealkylation sites (tertiary alicyclic amines) is 1. The van der Waals surface area contributed by atoms with Crippen molar-refractivity contribution in [3.63, 3.8) is 0 Å². The van der Waals surface area contributed by atoms with Gasteiger partial charge in [0.05, 0.1) is 12.1 Å². The Balaban J connectivity index is 1.80. The average molecular weight is 367 g/mol. The maximum Gasteiger partial charge on any atom is 0.234 e. The number of piperidine rings is 1. The molecule has 1 unspecified atom stereocenters. The summed E-state index contributed by atoms with van der Waals surface area (Å²) >= 11 is 0. The van der Waals surface area contributed by atoms with Crippen molar-refractivity contribution in [1.82, 2.24) is 14.9 Å². The van der Waals surface area contributed by atoms with E-state index in [0.717, 1.165) is 36.3 Å². The lowest BCUT2D eigenvalue weighted by molar-refractivity contribution is 0.150. The Bertz CT molecular complexity index is 837. The molecule has 0 radical (unpaired) electrons. The highest BCUT2D eigenvalue weighted by molar-refractivity contribution is 5.90. The SMILES string of the molecule is CN1CCCC(COc2ccc3nc(C#N)nc(NCC(C)(C)C)c3c2)C1. The summed E-state index contributed by atoms with van der Waals surface area (Å²) in [5.74, 6) is 2.25. The topological polar surface area (TPSA) is 74.1 Å². The zero-order valence-corrected chi connectivity index (χ0v) is 16.7. The lowest BCUT2D eigenvalue weighted by Crippen LogP contribution is -2.34. The van der Waals surface area contributed by atoms with Crippen LogP contribution in [0.1, 0.15) is 39.4 Å². The van der Waals surface area contributed by atoms with Gasteiger partial charge < -0.3 is 15.0 Å². The lowest BCUT2D eigenvalue weighted by Gasteiger charge is -2.29. The standard InChI is InChI=1S/C21H29N5O/c1-21(2,3)14-23-20-17-10-16(7-8-18(17)24-19(11-22)25-20)27-13-15-6-5-9-26(4)12-15/h7-8,10,15H,5-6,9,12-14H2,1-4H3,(H,23,24,25). The number of ether oxygens (including phenoxy) is 1. The third-order valence-electron chi connectivity index (χ3n) is 4.76. The van der Waals surface area contributed by atoms with Crippen LogP contribution in [-0.2, 0) is 0 Å². The number of hydrogen-bond donors (Lipinski definition) is 1. The van der Waals surface area contributed by atoms with E-state index in [1.165, 1.54) is 19.4 Å². The average Bonchev–Trinajstić information content (AvgIpc) is 2.63. The molecule has 27 heavy (non-hydrogen) atoms. The predicted octanol–water partition coefficient (Wildman–Crippen LogP) is 3.68. The van der Waals surface area contributed by atoms with Gasteiger partial charge in [0.1, 0.15) is 17.6 Å². The minimum atomic E-state index is 0.102. The van der Waals surface area contributed by atoms with Crippen LogP contribution in [0, 0.1) is 22.7 Å². The molecule has 1 fully saturated rings. The van der Waals surface area contributed by atoms with E-state index in [4.69, 9.17) is 4.74 Å². The highest BCUT2D eigenvalue weighted by Crippen LogP contribution is 2.27. The molecular formula is C21H29N5O. The molecule has 1 atom stereocenters. The Kier molecular flexibility index (Phi) is 5.81. The van der Waals surface area contributed by atoms with Gasteiger partial charge in [-0.05, 0) is 50.0 Å². The maximum atomic E-state index is 9.22. The fourth-order valence-corrected chi connectivity index (χ4v) is 3.35. The molecule has 0 amide bonds. The van der Waals surface area contributed by atoms with E-state index < -0.39 is 0 Å². The molecule has 0 saturated carbocycles. The van der Waals surface area contributed by atoms with Crippen LogP contribution in [-0.4, -0.2) is 48.2 Å². The third-order valence-corrected chi connectivity index (χ3v) is 4.76. The second-order valence-corrected chi connectivity index (χ2v) is 8.68. The molecule has 1 aromatic heterocycles. The number of nitriles is 1. The summed E-state index contributed by atoms with van der Waals surface area (Å²) in [6, 6.07) is 7.86. The van der Waals surface area contributed by atoms with Crippen molar-refractivity contribution in [3.8, 4) is 11.8 Å². The largest absolute Gasteiger partial charge is 0.493 e. The maximum absolute atomic E-state index is 9.22. The van der Waals surface area contributed by atoms with Crippen molar-refractivity contribution in [2.45, 2.75) is 33.6 Å². The summed E-state index contributed by atoms with van der Waals surface area (Å²) in [7, 11) is 2.17. The molecule has 1 aliphatic rings. The summed E-state index contributed by atoms with van der Waals surface area (Å²) in [4.78, 5) is 11.1. The molecular weight excluding hydrogens is 338 g/mol. The lowest BCUT2D eigenvalue weighted by atomic mass is 9.97. The third kappa shape index (κ3) is 5.30. The number of anilines is 1. The summed E-state index contributed by atoms with van der Waals surface area (Å²) in [6.45, 7) is 10.2. The number of benzene rings is 1. The molecule has 1 aliphatic heterocycles. The van der Waals surface area contributed by atoms with Crippen LogP contribution in [0.25, 0.3) is 10.9 Å². The number of rotatable bonds is 5. The van der Waals surface area contributed by atoms with Crippen LogP contribution in [0.3, 0.4) is 0 Å². The first-order chi connectivity index (χ1) is 12.8. The van der Waals surface area contributed by atoms with Gasteiger partial charge >= 0.3 is 0 Å². The highest BCUT2D eigenvalue weighted by atomic mass is 16.5. The normalized spacial score (nSPS) is 18.3. The van der Waals surface area contributed by atoms with Gasteiger partial charge in [0.15, 0.2) is 0 Å². The molecule has 2 aromatic rings. The quantitative estimate of drug-likeness (QED) is 0.869. The van der Waals surface area contributed by atoms with Gasteiger partial charge in [0.25, 0.3) is 0 Å². The number of hydrogen-bond acceptors (Lipinski definition) is 6. The Morgan fingerprint density at radius 1 is 1.33 bits per heavy atom. The van der Waals surface area contributed by atoms with Crippen molar-refractivity contribution < 1.29 is 4.74 Å². The van der Waals surface area contributed by atoms with E-state index in [1.54, 1.807) is 0 Å². The van der Waals surface area contributed by atoms with Crippen molar-refractivity contribution in [3.05, 3.63) is 24.0 Å². The Hall–Kier alpha value is -2.39. The van der Waals surface area contributed by atoms with Gasteiger partial charge in [-0.2, -0.15) is 5.26 Å². The molecule has 1 saturated heterocycles. The summed E-state index contributed by atoms with van der Waals surface area (Å²) in [6.07, 6.45) is 2.44. The Morgan fingerprint density at radius 3 is 2.85 bits per heavy atom. The van der Waals surface area contributed by atoms with E-state index in [1.807, 2.05) is 24.3 Å². The molecule has 144 valence electrons. The molecule has 6 heteroatoms. The van der Waals surface area contributed by atoms with Gasteiger partial charge in [-0.15, -0.1) is 0 Å². The minimum Gasteiger partial charge on any atom is -0.493 e. The number of nitrogens with one attached hydrogen (secondary N) is 1. The second kappa shape index (κ2) is 8.10. The van der Waals surface area contributed by atoms with E-state index in [9.17, 15) is 5.26 Å². The first-order valence-corrected chi connectivity index (χ1v) is 9.61. The van der Waals surface area contributed by atoms with Crippen molar-refractivity contribution >= 4 is 16.7 Å². The smallest absolute Gasteiger partial charge is 0.234 e. The Labute approximate surface area is 161 Å². The summed E-state index contributed by atoms with van der Waals surface area (Å²) in [5.41, 5.74) is 0.855. The fourth-order valence-electron chi connectivity index (χ4n) is 3.35. The van der Waals surface area contributed by atoms with Crippen LogP contribution in [0.5, 0.6) is 5.75 Å². The first-order valence-electron chi connectivity index (χ1n) is 9.61. The first kappa shape index (κ1) is 19.4. The molecule has 0 aliphatic carbocycles. The molecule has 1 N–H and O–H groups in total. The molecule has 0 spiro atoms. The monoisotopic (exact) mass is 367 g/mol. The fraction of sp³-hybridized carbons (Fsp3) is 0.571. The van der Waals surface area contributed by atoms with Gasteiger partial charge in [0, 0.05) is 24.4 Å². The number of aromatic nitrogens is 2. The zero-order chi connectivity index (χ0) is 19.4. The van der Waals surface area contributed by atoms with E-state index >= 15 is 0 Å². The molecule has 2 heterocycles. The van der Waals surface area contributed by atoms with Crippen LogP contribution < -0.4 is 10.1 Å². The van der Waals surface area contributed by atoms with Crippen LogP contribution >= 0.6 is 0 Å². The highest BCUT2D eigenvalue weighted by Gasteiger charge is 2.18. The molecule has 0 bridgehead atoms.